The molecule has 0 radical (unpaired) electrons. The Morgan fingerprint density at radius 1 is 0.972 bits per heavy atom. The van der Waals surface area contributed by atoms with Crippen molar-refractivity contribution in [3.63, 3.8) is 0 Å². The SMILES string of the molecule is COC(=O)C1=C[C@@H](C(=O)OC)[C@@H]2C3=C(C(=O)C2(C)C)[C@H](C)[C@H]2C(=O)N(c4ccccc4)C(=O)[C@H]2[C@@H]3C1. The van der Waals surface area contributed by atoms with E-state index in [0.717, 1.165) is 0 Å². The predicted octanol–water partition coefficient (Wildman–Crippen LogP) is 2.87. The summed E-state index contributed by atoms with van der Waals surface area (Å²) >= 11 is 0. The number of ether oxygens (including phenoxy) is 2. The van der Waals surface area contributed by atoms with Gasteiger partial charge in [-0.05, 0) is 36.0 Å². The van der Waals surface area contributed by atoms with Crippen molar-refractivity contribution in [3.8, 4) is 0 Å². The molecule has 1 aliphatic heterocycles. The molecule has 8 heteroatoms. The van der Waals surface area contributed by atoms with Crippen molar-refractivity contribution >= 4 is 35.2 Å². The number of imide groups is 1. The zero-order chi connectivity index (χ0) is 26.1. The average Bonchev–Trinajstić information content (AvgIpc) is 3.14. The van der Waals surface area contributed by atoms with Crippen LogP contribution in [0.1, 0.15) is 27.2 Å². The number of ketones is 1. The second kappa shape index (κ2) is 8.25. The summed E-state index contributed by atoms with van der Waals surface area (Å²) in [5, 5.41) is 0. The van der Waals surface area contributed by atoms with Crippen molar-refractivity contribution in [2.24, 2.45) is 40.9 Å². The number of esters is 2. The molecule has 4 aliphatic rings. The van der Waals surface area contributed by atoms with E-state index >= 15 is 0 Å². The number of nitrogens with zero attached hydrogens (tertiary/aromatic N) is 1. The highest BCUT2D eigenvalue weighted by Gasteiger charge is 2.65. The minimum Gasteiger partial charge on any atom is -0.469 e. The van der Waals surface area contributed by atoms with Gasteiger partial charge in [0.25, 0.3) is 0 Å². The number of amides is 2. The molecular formula is C28H29NO7. The van der Waals surface area contributed by atoms with Crippen molar-refractivity contribution < 1.29 is 33.4 Å². The first kappa shape index (κ1) is 24.2. The van der Waals surface area contributed by atoms with Crippen molar-refractivity contribution in [2.75, 3.05) is 19.1 Å². The molecule has 5 rings (SSSR count). The van der Waals surface area contributed by atoms with Gasteiger partial charge in [0.2, 0.25) is 11.8 Å². The molecule has 0 spiro atoms. The van der Waals surface area contributed by atoms with E-state index in [4.69, 9.17) is 9.47 Å². The van der Waals surface area contributed by atoms with Gasteiger partial charge in [0.1, 0.15) is 0 Å². The maximum Gasteiger partial charge on any atom is 0.333 e. The Kier molecular flexibility index (Phi) is 5.54. The van der Waals surface area contributed by atoms with Gasteiger partial charge in [-0.3, -0.25) is 24.1 Å². The number of methoxy groups -OCH3 is 2. The molecular weight excluding hydrogens is 462 g/mol. The number of hydrogen-bond donors (Lipinski definition) is 0. The molecule has 6 atom stereocenters. The van der Waals surface area contributed by atoms with Gasteiger partial charge >= 0.3 is 11.9 Å². The Hall–Kier alpha value is -3.55. The first-order valence-corrected chi connectivity index (χ1v) is 12.1. The Labute approximate surface area is 209 Å². The number of benzene rings is 1. The molecule has 0 unspecified atom stereocenters. The lowest BCUT2D eigenvalue weighted by molar-refractivity contribution is -0.146. The summed E-state index contributed by atoms with van der Waals surface area (Å²) in [6.07, 6.45) is 1.63. The van der Waals surface area contributed by atoms with Crippen LogP contribution in [0.15, 0.2) is 53.1 Å². The van der Waals surface area contributed by atoms with E-state index < -0.39 is 52.9 Å². The molecule has 1 saturated heterocycles. The first-order valence-electron chi connectivity index (χ1n) is 12.1. The van der Waals surface area contributed by atoms with Gasteiger partial charge < -0.3 is 9.47 Å². The smallest absolute Gasteiger partial charge is 0.333 e. The predicted molar refractivity (Wildman–Crippen MR) is 128 cm³/mol. The molecule has 0 bridgehead atoms. The van der Waals surface area contributed by atoms with Crippen LogP contribution in [-0.2, 0) is 33.4 Å². The topological polar surface area (TPSA) is 107 Å². The van der Waals surface area contributed by atoms with Gasteiger partial charge in [-0.1, -0.05) is 50.6 Å². The minimum atomic E-state index is -0.984. The number of carbonyl (C=O) groups is 5. The number of Topliss-reactive ketones (excluding diaryl/α,β-unsaturated/α-hetero) is 1. The summed E-state index contributed by atoms with van der Waals surface area (Å²) in [4.78, 5) is 68.5. The molecule has 8 nitrogen and oxygen atoms in total. The van der Waals surface area contributed by atoms with Crippen LogP contribution in [0.2, 0.25) is 0 Å². The summed E-state index contributed by atoms with van der Waals surface area (Å²) in [5.41, 5.74) is 0.958. The largest absolute Gasteiger partial charge is 0.469 e. The molecule has 3 aliphatic carbocycles. The van der Waals surface area contributed by atoms with E-state index in [2.05, 4.69) is 0 Å². The number of para-hydroxylation sites is 1. The van der Waals surface area contributed by atoms with E-state index in [1.54, 1.807) is 50.3 Å². The van der Waals surface area contributed by atoms with E-state index in [1.807, 2.05) is 6.92 Å². The maximum atomic E-state index is 13.9. The Balaban J connectivity index is 1.73. The summed E-state index contributed by atoms with van der Waals surface area (Å²) in [6, 6.07) is 8.72. The van der Waals surface area contributed by atoms with E-state index in [9.17, 15) is 24.0 Å². The highest BCUT2D eigenvalue weighted by atomic mass is 16.5. The van der Waals surface area contributed by atoms with Crippen LogP contribution in [0.25, 0.3) is 0 Å². The van der Waals surface area contributed by atoms with Crippen molar-refractivity contribution in [1.82, 2.24) is 0 Å². The fourth-order valence-corrected chi connectivity index (χ4v) is 7.06. The van der Waals surface area contributed by atoms with Crippen molar-refractivity contribution in [2.45, 2.75) is 27.2 Å². The number of rotatable bonds is 3. The Morgan fingerprint density at radius 2 is 1.61 bits per heavy atom. The fourth-order valence-electron chi connectivity index (χ4n) is 7.06. The minimum absolute atomic E-state index is 0.0917. The summed E-state index contributed by atoms with van der Waals surface area (Å²) < 4.78 is 10.1. The van der Waals surface area contributed by atoms with Gasteiger partial charge in [0, 0.05) is 16.9 Å². The lowest BCUT2D eigenvalue weighted by atomic mass is 9.62. The van der Waals surface area contributed by atoms with Crippen LogP contribution < -0.4 is 4.90 Å². The highest BCUT2D eigenvalue weighted by Crippen LogP contribution is 2.62. The average molecular weight is 492 g/mol. The van der Waals surface area contributed by atoms with Crippen molar-refractivity contribution in [1.29, 1.82) is 0 Å². The van der Waals surface area contributed by atoms with Crippen LogP contribution in [-0.4, -0.2) is 43.8 Å². The summed E-state index contributed by atoms with van der Waals surface area (Å²) in [7, 11) is 2.53. The van der Waals surface area contributed by atoms with Crippen LogP contribution in [0, 0.1) is 40.9 Å². The zero-order valence-corrected chi connectivity index (χ0v) is 20.9. The second-order valence-corrected chi connectivity index (χ2v) is 10.6. The molecule has 2 amide bonds. The second-order valence-electron chi connectivity index (χ2n) is 10.6. The van der Waals surface area contributed by atoms with Crippen LogP contribution in [0.5, 0.6) is 0 Å². The molecule has 188 valence electrons. The van der Waals surface area contributed by atoms with E-state index in [-0.39, 0.29) is 29.6 Å². The van der Waals surface area contributed by atoms with E-state index in [1.165, 1.54) is 19.1 Å². The van der Waals surface area contributed by atoms with Gasteiger partial charge in [-0.2, -0.15) is 0 Å². The van der Waals surface area contributed by atoms with Gasteiger partial charge in [0.15, 0.2) is 5.78 Å². The van der Waals surface area contributed by atoms with Crippen LogP contribution in [0.4, 0.5) is 5.69 Å². The number of carbonyl (C=O) groups excluding carboxylic acids is 5. The number of hydrogen-bond acceptors (Lipinski definition) is 7. The van der Waals surface area contributed by atoms with Gasteiger partial charge in [-0.25, -0.2) is 4.79 Å². The third-order valence-electron chi connectivity index (χ3n) is 8.59. The number of allylic oxidation sites excluding steroid dienone is 2. The highest BCUT2D eigenvalue weighted by molar-refractivity contribution is 6.23. The molecule has 1 aromatic rings. The summed E-state index contributed by atoms with van der Waals surface area (Å²) in [6.45, 7) is 5.38. The third-order valence-corrected chi connectivity index (χ3v) is 8.59. The number of fused-ring (bicyclic) bond motifs is 2. The monoisotopic (exact) mass is 491 g/mol. The standard InChI is InChI=1S/C28H29NO7/c1-13-18-20-16(21-19(13)24(31)29(25(21)32)15-9-7-6-8-10-15)11-14(26(33)35-4)12-17(27(34)36-5)22(20)28(2,3)23(18)30/h6-10,12-13,16-17,19,21-22H,11H2,1-5H3/t13-,16+,17+,19+,21-,22+/m0/s1. The molecule has 1 heterocycles. The quantitative estimate of drug-likeness (QED) is 0.473. The lowest BCUT2D eigenvalue weighted by Gasteiger charge is -2.38. The van der Waals surface area contributed by atoms with Gasteiger partial charge in [0.05, 0.1) is 37.7 Å². The molecule has 0 N–H and O–H groups in total. The van der Waals surface area contributed by atoms with E-state index in [0.29, 0.717) is 16.8 Å². The Morgan fingerprint density at radius 3 is 2.22 bits per heavy atom. The first-order chi connectivity index (χ1) is 17.1. The molecule has 0 saturated carbocycles. The fraction of sp³-hybridized carbons (Fsp3) is 0.464. The zero-order valence-electron chi connectivity index (χ0n) is 20.9. The molecule has 1 fully saturated rings. The normalized spacial score (nSPS) is 32.5. The third kappa shape index (κ3) is 3.09. The van der Waals surface area contributed by atoms with Crippen molar-refractivity contribution in [3.05, 3.63) is 53.1 Å². The molecule has 1 aromatic carbocycles. The number of anilines is 1. The lowest BCUT2D eigenvalue weighted by Crippen LogP contribution is -2.39. The maximum absolute atomic E-state index is 13.9. The molecule has 36 heavy (non-hydrogen) atoms. The summed E-state index contributed by atoms with van der Waals surface area (Å²) in [5.74, 6) is -6.11. The van der Waals surface area contributed by atoms with Gasteiger partial charge in [-0.15, -0.1) is 0 Å². The Bertz CT molecular complexity index is 1260. The van der Waals surface area contributed by atoms with Crippen LogP contribution >= 0.6 is 0 Å². The molecule has 0 aromatic heterocycles. The van der Waals surface area contributed by atoms with Crippen LogP contribution in [0.3, 0.4) is 0 Å².